The van der Waals surface area contributed by atoms with Crippen molar-refractivity contribution in [3.05, 3.63) is 103 Å². The van der Waals surface area contributed by atoms with Gasteiger partial charge in [-0.3, -0.25) is 0 Å². The van der Waals surface area contributed by atoms with Gasteiger partial charge in [-0.05, 0) is 42.5 Å². The third kappa shape index (κ3) is 3.34. The van der Waals surface area contributed by atoms with Crippen molar-refractivity contribution >= 4 is 21.8 Å². The molecule has 0 saturated carbocycles. The molecule has 6 aromatic rings. The van der Waals surface area contributed by atoms with Gasteiger partial charge in [0.25, 0.3) is 0 Å². The first kappa shape index (κ1) is 17.5. The van der Waals surface area contributed by atoms with Gasteiger partial charge in [-0.25, -0.2) is 4.98 Å². The first-order valence-corrected chi connectivity index (χ1v) is 10.2. The average molecular weight is 401 g/mol. The van der Waals surface area contributed by atoms with E-state index in [-0.39, 0.29) is 0 Å². The molecule has 0 unspecified atom stereocenters. The minimum Gasteiger partial charge on any atom is -0.439 e. The van der Waals surface area contributed by atoms with Crippen LogP contribution >= 0.6 is 0 Å². The molecular weight excluding hydrogens is 382 g/mol. The van der Waals surface area contributed by atoms with Gasteiger partial charge in [0.15, 0.2) is 0 Å². The third-order valence-corrected chi connectivity index (χ3v) is 5.43. The van der Waals surface area contributed by atoms with E-state index in [1.807, 2.05) is 60.7 Å². The molecule has 0 aliphatic carbocycles. The second-order valence-corrected chi connectivity index (χ2v) is 7.53. The molecule has 4 nitrogen and oxygen atoms in total. The van der Waals surface area contributed by atoms with Crippen LogP contribution in [0.3, 0.4) is 0 Å². The topological polar surface area (TPSA) is 53.7 Å². The molecule has 0 bridgehead atoms. The molecule has 6 rings (SSSR count). The molecule has 0 amide bonds. The number of aromatic nitrogens is 3. The number of nitrogens with zero attached hydrogens (tertiary/aromatic N) is 1. The second-order valence-electron chi connectivity index (χ2n) is 7.53. The van der Waals surface area contributed by atoms with Crippen molar-refractivity contribution in [1.29, 1.82) is 0 Å². The van der Waals surface area contributed by atoms with E-state index >= 15 is 0 Å². The fourth-order valence-corrected chi connectivity index (χ4v) is 3.91. The summed E-state index contributed by atoms with van der Waals surface area (Å²) < 4.78 is 6.11. The Balaban J connectivity index is 1.30. The number of hydrogen-bond acceptors (Lipinski definition) is 2. The summed E-state index contributed by atoms with van der Waals surface area (Å²) >= 11 is 0. The lowest BCUT2D eigenvalue weighted by atomic mass is 10.1. The highest BCUT2D eigenvalue weighted by molar-refractivity contribution is 5.86. The Morgan fingerprint density at radius 3 is 2.03 bits per heavy atom. The molecule has 148 valence electrons. The maximum absolute atomic E-state index is 6.11. The highest BCUT2D eigenvalue weighted by Gasteiger charge is 2.08. The minimum absolute atomic E-state index is 0.560. The fourth-order valence-electron chi connectivity index (χ4n) is 3.91. The van der Waals surface area contributed by atoms with Crippen LogP contribution in [-0.4, -0.2) is 15.0 Å². The number of aromatic amines is 2. The standard InChI is InChI=1S/C27H19N3O/c1-3-11-22-19(7-1)16-25(28-22)18-9-5-10-21(15-18)31-27-14-6-13-24(30-27)26-17-20-8-2-4-12-23(20)29-26/h1-17,28-29H. The van der Waals surface area contributed by atoms with Gasteiger partial charge in [0.1, 0.15) is 5.75 Å². The van der Waals surface area contributed by atoms with Gasteiger partial charge < -0.3 is 14.7 Å². The second kappa shape index (κ2) is 7.18. The summed E-state index contributed by atoms with van der Waals surface area (Å²) in [4.78, 5) is 11.6. The summed E-state index contributed by atoms with van der Waals surface area (Å²) in [6.07, 6.45) is 0. The van der Waals surface area contributed by atoms with Crippen LogP contribution in [0, 0.1) is 0 Å². The minimum atomic E-state index is 0.560. The number of ether oxygens (including phenoxy) is 1. The number of benzene rings is 3. The zero-order valence-electron chi connectivity index (χ0n) is 16.7. The van der Waals surface area contributed by atoms with Gasteiger partial charge in [0, 0.05) is 39.1 Å². The van der Waals surface area contributed by atoms with Crippen molar-refractivity contribution < 1.29 is 4.74 Å². The molecule has 0 saturated heterocycles. The molecule has 0 fully saturated rings. The van der Waals surface area contributed by atoms with Gasteiger partial charge in [-0.1, -0.05) is 54.6 Å². The van der Waals surface area contributed by atoms with Crippen LogP contribution in [0.2, 0.25) is 0 Å². The summed E-state index contributed by atoms with van der Waals surface area (Å²) in [6, 6.07) is 34.6. The summed E-state index contributed by atoms with van der Waals surface area (Å²) in [5.74, 6) is 1.31. The zero-order chi connectivity index (χ0) is 20.6. The van der Waals surface area contributed by atoms with E-state index in [4.69, 9.17) is 9.72 Å². The Bertz CT molecular complexity index is 1340. The van der Waals surface area contributed by atoms with Crippen LogP contribution < -0.4 is 4.74 Å². The lowest BCUT2D eigenvalue weighted by molar-refractivity contribution is 0.464. The van der Waals surface area contributed by atoms with E-state index in [2.05, 4.69) is 52.4 Å². The fraction of sp³-hybridized carbons (Fsp3) is 0. The lowest BCUT2D eigenvalue weighted by Gasteiger charge is -2.07. The molecule has 0 atom stereocenters. The Morgan fingerprint density at radius 1 is 0.581 bits per heavy atom. The monoisotopic (exact) mass is 401 g/mol. The van der Waals surface area contributed by atoms with Gasteiger partial charge >= 0.3 is 0 Å². The number of nitrogens with one attached hydrogen (secondary N) is 2. The molecule has 3 aromatic heterocycles. The largest absolute Gasteiger partial charge is 0.439 e. The number of H-pyrrole nitrogens is 2. The van der Waals surface area contributed by atoms with Crippen LogP contribution in [0.15, 0.2) is 103 Å². The first-order valence-electron chi connectivity index (χ1n) is 10.2. The Morgan fingerprint density at radius 2 is 1.26 bits per heavy atom. The van der Waals surface area contributed by atoms with Crippen molar-refractivity contribution in [3.8, 4) is 34.3 Å². The smallest absolute Gasteiger partial charge is 0.219 e. The van der Waals surface area contributed by atoms with Gasteiger partial charge in [0.05, 0.1) is 11.4 Å². The number of hydrogen-bond donors (Lipinski definition) is 2. The van der Waals surface area contributed by atoms with Crippen molar-refractivity contribution in [2.45, 2.75) is 0 Å². The predicted molar refractivity (Wildman–Crippen MR) is 125 cm³/mol. The van der Waals surface area contributed by atoms with Crippen molar-refractivity contribution in [1.82, 2.24) is 15.0 Å². The van der Waals surface area contributed by atoms with Crippen molar-refractivity contribution in [2.75, 3.05) is 0 Å². The molecule has 0 spiro atoms. The van der Waals surface area contributed by atoms with E-state index in [9.17, 15) is 0 Å². The molecule has 0 aliphatic heterocycles. The molecule has 4 heteroatoms. The van der Waals surface area contributed by atoms with E-state index in [0.717, 1.165) is 44.8 Å². The van der Waals surface area contributed by atoms with Crippen LogP contribution in [-0.2, 0) is 0 Å². The van der Waals surface area contributed by atoms with Crippen LogP contribution in [0.25, 0.3) is 44.5 Å². The van der Waals surface area contributed by atoms with Crippen molar-refractivity contribution in [2.24, 2.45) is 0 Å². The highest BCUT2D eigenvalue weighted by Crippen LogP contribution is 2.30. The first-order chi connectivity index (χ1) is 15.3. The number of rotatable bonds is 4. The molecule has 0 aliphatic rings. The van der Waals surface area contributed by atoms with E-state index in [1.54, 1.807) is 0 Å². The highest BCUT2D eigenvalue weighted by atomic mass is 16.5. The third-order valence-electron chi connectivity index (χ3n) is 5.43. The Hall–Kier alpha value is -4.31. The van der Waals surface area contributed by atoms with Crippen LogP contribution in [0.5, 0.6) is 11.6 Å². The van der Waals surface area contributed by atoms with Gasteiger partial charge in [-0.2, -0.15) is 0 Å². The van der Waals surface area contributed by atoms with Crippen LogP contribution in [0.4, 0.5) is 0 Å². The molecular formula is C27H19N3O. The van der Waals surface area contributed by atoms with Crippen LogP contribution in [0.1, 0.15) is 0 Å². The normalized spacial score (nSPS) is 11.2. The maximum Gasteiger partial charge on any atom is 0.219 e. The quantitative estimate of drug-likeness (QED) is 0.329. The van der Waals surface area contributed by atoms with E-state index in [0.29, 0.717) is 5.88 Å². The summed E-state index contributed by atoms with van der Waals surface area (Å²) in [6.45, 7) is 0. The van der Waals surface area contributed by atoms with E-state index < -0.39 is 0 Å². The molecule has 3 aromatic carbocycles. The number of fused-ring (bicyclic) bond motifs is 2. The Labute approximate surface area is 179 Å². The van der Waals surface area contributed by atoms with E-state index in [1.165, 1.54) is 5.39 Å². The summed E-state index contributed by atoms with van der Waals surface area (Å²) in [5.41, 5.74) is 6.17. The predicted octanol–water partition coefficient (Wildman–Crippen LogP) is 7.17. The number of pyridine rings is 1. The van der Waals surface area contributed by atoms with Crippen molar-refractivity contribution in [3.63, 3.8) is 0 Å². The SMILES string of the molecule is c1cc(Oc2cccc(-c3cc4ccccc4[nH]3)n2)cc(-c2cc3ccccc3[nH]2)c1. The Kier molecular flexibility index (Phi) is 4.06. The molecule has 31 heavy (non-hydrogen) atoms. The maximum atomic E-state index is 6.11. The van der Waals surface area contributed by atoms with Gasteiger partial charge in [-0.15, -0.1) is 0 Å². The zero-order valence-corrected chi connectivity index (χ0v) is 16.7. The van der Waals surface area contributed by atoms with Gasteiger partial charge in [0.2, 0.25) is 5.88 Å². The molecule has 3 heterocycles. The molecule has 2 N–H and O–H groups in total. The molecule has 0 radical (unpaired) electrons. The summed E-state index contributed by atoms with van der Waals surface area (Å²) in [5, 5.41) is 2.35. The average Bonchev–Trinajstić information content (AvgIpc) is 3.44. The lowest BCUT2D eigenvalue weighted by Crippen LogP contribution is -1.90. The number of para-hydroxylation sites is 2. The summed E-state index contributed by atoms with van der Waals surface area (Å²) in [7, 11) is 0.